The third-order valence-electron chi connectivity index (χ3n) is 4.38. The number of nitrogens with zero attached hydrogens (tertiary/aromatic N) is 3. The molecule has 1 unspecified atom stereocenters. The molecule has 1 aliphatic rings. The van der Waals surface area contributed by atoms with Gasteiger partial charge in [-0.05, 0) is 56.7 Å². The lowest BCUT2D eigenvalue weighted by molar-refractivity contribution is -0.0757. The highest BCUT2D eigenvalue weighted by atomic mass is 19.1. The second-order valence-electron chi connectivity index (χ2n) is 6.90. The third kappa shape index (κ3) is 3.06. The van der Waals surface area contributed by atoms with E-state index < -0.39 is 0 Å². The number of amides is 1. The highest BCUT2D eigenvalue weighted by molar-refractivity contribution is 5.94. The molecule has 5 nitrogen and oxygen atoms in total. The normalized spacial score (nSPS) is 20.2. The fourth-order valence-electron chi connectivity index (χ4n) is 2.94. The number of carbonyl (C=O) groups excluding carboxylic acids is 1. The monoisotopic (exact) mass is 331 g/mol. The summed E-state index contributed by atoms with van der Waals surface area (Å²) < 4.78 is 20.4. The Kier molecular flexibility index (Phi) is 4.17. The molecule has 1 amide bonds. The van der Waals surface area contributed by atoms with Gasteiger partial charge >= 0.3 is 0 Å². The Morgan fingerprint density at radius 1 is 1.33 bits per heavy atom. The second-order valence-corrected chi connectivity index (χ2v) is 6.90. The minimum absolute atomic E-state index is 0.00209. The number of aromatic nitrogens is 2. The van der Waals surface area contributed by atoms with Crippen LogP contribution in [0, 0.1) is 5.82 Å². The lowest BCUT2D eigenvalue weighted by Crippen LogP contribution is -2.57. The zero-order valence-electron chi connectivity index (χ0n) is 14.4. The van der Waals surface area contributed by atoms with Crippen molar-refractivity contribution in [3.8, 4) is 11.3 Å². The zero-order valence-corrected chi connectivity index (χ0v) is 14.4. The van der Waals surface area contributed by atoms with Crippen molar-refractivity contribution < 1.29 is 13.9 Å². The fraction of sp³-hybridized carbons (Fsp3) is 0.444. The van der Waals surface area contributed by atoms with Gasteiger partial charge in [0.15, 0.2) is 5.69 Å². The van der Waals surface area contributed by atoms with Gasteiger partial charge in [-0.3, -0.25) is 9.48 Å². The van der Waals surface area contributed by atoms with Crippen LogP contribution >= 0.6 is 0 Å². The SMILES string of the molecule is CC1CN(C(=O)c2cc(-c3ccc(F)cc3)n(C)n2)C(C)(C)CO1. The number of hydrogen-bond donors (Lipinski definition) is 0. The van der Waals surface area contributed by atoms with Crippen molar-refractivity contribution in [1.82, 2.24) is 14.7 Å². The van der Waals surface area contributed by atoms with E-state index in [4.69, 9.17) is 4.74 Å². The summed E-state index contributed by atoms with van der Waals surface area (Å²) in [7, 11) is 1.78. The Balaban J connectivity index is 1.91. The Bertz CT molecular complexity index is 752. The quantitative estimate of drug-likeness (QED) is 0.850. The van der Waals surface area contributed by atoms with E-state index in [9.17, 15) is 9.18 Å². The van der Waals surface area contributed by atoms with Crippen molar-refractivity contribution in [3.63, 3.8) is 0 Å². The minimum Gasteiger partial charge on any atom is -0.374 e. The smallest absolute Gasteiger partial charge is 0.274 e. The van der Waals surface area contributed by atoms with Crippen LogP contribution in [0.3, 0.4) is 0 Å². The first kappa shape index (κ1) is 16.6. The summed E-state index contributed by atoms with van der Waals surface area (Å²) in [6, 6.07) is 7.92. The van der Waals surface area contributed by atoms with Crippen LogP contribution in [0.15, 0.2) is 30.3 Å². The van der Waals surface area contributed by atoms with Crippen LogP contribution < -0.4 is 0 Å². The largest absolute Gasteiger partial charge is 0.374 e. The van der Waals surface area contributed by atoms with E-state index in [0.29, 0.717) is 18.8 Å². The van der Waals surface area contributed by atoms with Crippen molar-refractivity contribution in [1.29, 1.82) is 0 Å². The average Bonchev–Trinajstić information content (AvgIpc) is 2.92. The number of carbonyl (C=O) groups is 1. The molecule has 1 saturated heterocycles. The van der Waals surface area contributed by atoms with Crippen LogP contribution in [0.4, 0.5) is 4.39 Å². The van der Waals surface area contributed by atoms with Crippen molar-refractivity contribution >= 4 is 5.91 Å². The lowest BCUT2D eigenvalue weighted by Gasteiger charge is -2.44. The van der Waals surface area contributed by atoms with Gasteiger partial charge in [0.1, 0.15) is 5.82 Å². The molecule has 0 spiro atoms. The molecule has 0 radical (unpaired) electrons. The summed E-state index contributed by atoms with van der Waals surface area (Å²) in [6.07, 6.45) is 0.00209. The number of ether oxygens (including phenoxy) is 1. The van der Waals surface area contributed by atoms with Gasteiger partial charge < -0.3 is 9.64 Å². The number of aryl methyl sites for hydroxylation is 1. The number of hydrogen-bond acceptors (Lipinski definition) is 3. The molecule has 128 valence electrons. The molecule has 1 fully saturated rings. The van der Waals surface area contributed by atoms with E-state index in [1.54, 1.807) is 29.9 Å². The fourth-order valence-corrected chi connectivity index (χ4v) is 2.94. The molecule has 3 rings (SSSR count). The molecular formula is C18H22FN3O2. The molecule has 0 N–H and O–H groups in total. The first-order chi connectivity index (χ1) is 11.3. The van der Waals surface area contributed by atoms with Crippen molar-refractivity contribution in [2.75, 3.05) is 13.2 Å². The summed E-state index contributed by atoms with van der Waals surface area (Å²) in [5, 5.41) is 4.37. The van der Waals surface area contributed by atoms with Gasteiger partial charge in [-0.2, -0.15) is 5.10 Å². The van der Waals surface area contributed by atoms with Crippen LogP contribution in [0.25, 0.3) is 11.3 Å². The molecule has 1 atom stereocenters. The van der Waals surface area contributed by atoms with Crippen molar-refractivity contribution in [2.45, 2.75) is 32.4 Å². The molecular weight excluding hydrogens is 309 g/mol. The molecule has 0 aliphatic carbocycles. The molecule has 1 aromatic heterocycles. The van der Waals surface area contributed by atoms with E-state index in [-0.39, 0.29) is 23.4 Å². The van der Waals surface area contributed by atoms with Gasteiger partial charge in [0.05, 0.1) is 23.9 Å². The van der Waals surface area contributed by atoms with E-state index in [0.717, 1.165) is 11.3 Å². The second kappa shape index (κ2) is 6.02. The number of rotatable bonds is 2. The molecule has 24 heavy (non-hydrogen) atoms. The maximum Gasteiger partial charge on any atom is 0.274 e. The highest BCUT2D eigenvalue weighted by Gasteiger charge is 2.38. The van der Waals surface area contributed by atoms with E-state index in [2.05, 4.69) is 5.10 Å². The molecule has 1 aliphatic heterocycles. The average molecular weight is 331 g/mol. The van der Waals surface area contributed by atoms with Gasteiger partial charge in [-0.1, -0.05) is 0 Å². The Labute approximate surface area is 141 Å². The van der Waals surface area contributed by atoms with Crippen LogP contribution in [0.5, 0.6) is 0 Å². The number of benzene rings is 1. The molecule has 0 bridgehead atoms. The Morgan fingerprint density at radius 3 is 2.67 bits per heavy atom. The lowest BCUT2D eigenvalue weighted by atomic mass is 10.0. The summed E-state index contributed by atoms with van der Waals surface area (Å²) in [6.45, 7) is 6.96. The first-order valence-corrected chi connectivity index (χ1v) is 8.01. The molecule has 2 aromatic rings. The van der Waals surface area contributed by atoms with Gasteiger partial charge in [-0.15, -0.1) is 0 Å². The van der Waals surface area contributed by atoms with Crippen molar-refractivity contribution in [2.24, 2.45) is 7.05 Å². The summed E-state index contributed by atoms with van der Waals surface area (Å²) in [4.78, 5) is 14.8. The summed E-state index contributed by atoms with van der Waals surface area (Å²) >= 11 is 0. The van der Waals surface area contributed by atoms with E-state index in [1.165, 1.54) is 12.1 Å². The summed E-state index contributed by atoms with van der Waals surface area (Å²) in [5.41, 5.74) is 1.61. The molecule has 2 heterocycles. The van der Waals surface area contributed by atoms with Gasteiger partial charge in [0.25, 0.3) is 5.91 Å². The third-order valence-corrected chi connectivity index (χ3v) is 4.38. The maximum atomic E-state index is 13.1. The van der Waals surface area contributed by atoms with Gasteiger partial charge in [-0.25, -0.2) is 4.39 Å². The predicted octanol–water partition coefficient (Wildman–Crippen LogP) is 2.87. The Morgan fingerprint density at radius 2 is 2.00 bits per heavy atom. The topological polar surface area (TPSA) is 47.4 Å². The standard InChI is InChI=1S/C18H22FN3O2/c1-12-10-22(18(2,3)11-24-12)17(23)15-9-16(21(4)20-15)13-5-7-14(19)8-6-13/h5-9,12H,10-11H2,1-4H3. The highest BCUT2D eigenvalue weighted by Crippen LogP contribution is 2.26. The molecule has 0 saturated carbocycles. The number of morpholine rings is 1. The van der Waals surface area contributed by atoms with Crippen LogP contribution in [-0.4, -0.2) is 45.4 Å². The number of halogens is 1. The summed E-state index contributed by atoms with van der Waals surface area (Å²) in [5.74, 6) is -0.402. The van der Waals surface area contributed by atoms with E-state index in [1.807, 2.05) is 25.7 Å². The zero-order chi connectivity index (χ0) is 17.5. The first-order valence-electron chi connectivity index (χ1n) is 8.01. The Hall–Kier alpha value is -2.21. The molecule has 6 heteroatoms. The van der Waals surface area contributed by atoms with Crippen molar-refractivity contribution in [3.05, 3.63) is 41.8 Å². The van der Waals surface area contributed by atoms with Gasteiger partial charge in [0, 0.05) is 13.6 Å². The minimum atomic E-state index is -0.378. The maximum absolute atomic E-state index is 13.1. The van der Waals surface area contributed by atoms with Crippen LogP contribution in [0.1, 0.15) is 31.3 Å². The van der Waals surface area contributed by atoms with Crippen LogP contribution in [-0.2, 0) is 11.8 Å². The van der Waals surface area contributed by atoms with E-state index >= 15 is 0 Å². The van der Waals surface area contributed by atoms with Gasteiger partial charge in [0.2, 0.25) is 0 Å². The molecule has 1 aromatic carbocycles. The van der Waals surface area contributed by atoms with Crippen LogP contribution in [0.2, 0.25) is 0 Å². The predicted molar refractivity (Wildman–Crippen MR) is 89.1 cm³/mol.